The van der Waals surface area contributed by atoms with Crippen molar-refractivity contribution >= 4 is 0 Å². The normalized spacial score (nSPS) is 21.1. The van der Waals surface area contributed by atoms with Crippen LogP contribution in [0.25, 0.3) is 0 Å². The van der Waals surface area contributed by atoms with E-state index in [0.717, 1.165) is 0 Å². The van der Waals surface area contributed by atoms with Crippen LogP contribution in [0.5, 0.6) is 0 Å². The summed E-state index contributed by atoms with van der Waals surface area (Å²) in [7, 11) is 0. The van der Waals surface area contributed by atoms with Gasteiger partial charge in [-0.05, 0) is 0 Å². The zero-order valence-electron chi connectivity index (χ0n) is 6.07. The lowest BCUT2D eigenvalue weighted by Crippen LogP contribution is -1.97. The van der Waals surface area contributed by atoms with Gasteiger partial charge in [-0.25, -0.2) is 13.2 Å². The van der Waals surface area contributed by atoms with Gasteiger partial charge >= 0.3 is 0 Å². The molecule has 0 aliphatic carbocycles. The van der Waals surface area contributed by atoms with Crippen molar-refractivity contribution in [3.05, 3.63) is 35.1 Å². The van der Waals surface area contributed by atoms with Gasteiger partial charge in [-0.3, -0.25) is 0 Å². The molecular formula is C8H6F3N. The Labute approximate surface area is 67.2 Å². The van der Waals surface area contributed by atoms with Gasteiger partial charge in [-0.1, -0.05) is 0 Å². The second-order valence-corrected chi connectivity index (χ2v) is 2.74. The number of rotatable bonds is 1. The summed E-state index contributed by atoms with van der Waals surface area (Å²) in [6.07, 6.45) is 0. The average molecular weight is 173 g/mol. The highest BCUT2D eigenvalue weighted by molar-refractivity contribution is 5.27. The molecule has 1 aliphatic rings. The third-order valence-corrected chi connectivity index (χ3v) is 1.80. The van der Waals surface area contributed by atoms with Crippen LogP contribution in [0.15, 0.2) is 12.1 Å². The summed E-state index contributed by atoms with van der Waals surface area (Å²) in [6, 6.07) is 1.11. The molecule has 2 rings (SSSR count). The number of hydrogen-bond acceptors (Lipinski definition) is 1. The predicted octanol–water partition coefficient (Wildman–Crippen LogP) is 1.75. The van der Waals surface area contributed by atoms with Gasteiger partial charge < -0.3 is 5.32 Å². The van der Waals surface area contributed by atoms with E-state index < -0.39 is 17.5 Å². The summed E-state index contributed by atoms with van der Waals surface area (Å²) >= 11 is 0. The van der Waals surface area contributed by atoms with E-state index in [1.54, 1.807) is 0 Å². The first kappa shape index (κ1) is 7.61. The first-order chi connectivity index (χ1) is 5.68. The van der Waals surface area contributed by atoms with Crippen molar-refractivity contribution < 1.29 is 13.2 Å². The van der Waals surface area contributed by atoms with Crippen LogP contribution >= 0.6 is 0 Å². The average Bonchev–Trinajstić information content (AvgIpc) is 2.68. The molecule has 0 spiro atoms. The molecule has 1 fully saturated rings. The van der Waals surface area contributed by atoms with Gasteiger partial charge in [0, 0.05) is 24.2 Å². The van der Waals surface area contributed by atoms with E-state index >= 15 is 0 Å². The maximum atomic E-state index is 12.9. The van der Waals surface area contributed by atoms with Crippen LogP contribution in [0.4, 0.5) is 13.2 Å². The van der Waals surface area contributed by atoms with Gasteiger partial charge in [0.2, 0.25) is 0 Å². The molecule has 1 N–H and O–H groups in total. The maximum absolute atomic E-state index is 12.9. The van der Waals surface area contributed by atoms with E-state index in [0.29, 0.717) is 18.7 Å². The van der Waals surface area contributed by atoms with Crippen molar-refractivity contribution in [3.8, 4) is 0 Å². The van der Waals surface area contributed by atoms with E-state index in [4.69, 9.17) is 0 Å². The van der Waals surface area contributed by atoms with Crippen molar-refractivity contribution in [2.75, 3.05) is 6.54 Å². The summed E-state index contributed by atoms with van der Waals surface area (Å²) in [6.45, 7) is 0.555. The standard InChI is InChI=1S/C8H6F3N/c9-4-1-5(10)8(6(11)2-4)7-3-12-7/h1-2,7,12H,3H2/t7-/m1/s1. The molecule has 0 amide bonds. The molecule has 4 heteroatoms. The largest absolute Gasteiger partial charge is 0.307 e. The molecular weight excluding hydrogens is 167 g/mol. The molecule has 1 aromatic carbocycles. The highest BCUT2D eigenvalue weighted by Gasteiger charge is 2.29. The summed E-state index contributed by atoms with van der Waals surface area (Å²) in [4.78, 5) is 0. The molecule has 0 saturated carbocycles. The molecule has 0 bridgehead atoms. The van der Waals surface area contributed by atoms with Crippen molar-refractivity contribution in [2.45, 2.75) is 6.04 Å². The zero-order valence-corrected chi connectivity index (χ0v) is 6.07. The Morgan fingerprint density at radius 1 is 1.17 bits per heavy atom. The van der Waals surface area contributed by atoms with Gasteiger partial charge in [0.15, 0.2) is 0 Å². The van der Waals surface area contributed by atoms with E-state index in [9.17, 15) is 13.2 Å². The second-order valence-electron chi connectivity index (χ2n) is 2.74. The molecule has 1 heterocycles. The predicted molar refractivity (Wildman–Crippen MR) is 37.1 cm³/mol. The molecule has 1 nitrogen and oxygen atoms in total. The summed E-state index contributed by atoms with van der Waals surface area (Å²) in [5.74, 6) is -2.51. The molecule has 1 saturated heterocycles. The molecule has 0 unspecified atom stereocenters. The Morgan fingerprint density at radius 3 is 2.08 bits per heavy atom. The highest BCUT2D eigenvalue weighted by Crippen LogP contribution is 2.27. The first-order valence-electron chi connectivity index (χ1n) is 3.56. The second kappa shape index (κ2) is 2.48. The van der Waals surface area contributed by atoms with Gasteiger partial charge in [-0.15, -0.1) is 0 Å². The van der Waals surface area contributed by atoms with E-state index in [1.165, 1.54) is 0 Å². The maximum Gasteiger partial charge on any atom is 0.133 e. The SMILES string of the molecule is Fc1cc(F)c([C@H]2CN2)c(F)c1. The summed E-state index contributed by atoms with van der Waals surface area (Å²) in [5.41, 5.74) is -0.0589. The molecule has 1 aliphatic heterocycles. The quantitative estimate of drug-likeness (QED) is 0.642. The molecule has 0 aromatic heterocycles. The fourth-order valence-corrected chi connectivity index (χ4v) is 1.15. The van der Waals surface area contributed by atoms with Crippen LogP contribution in [-0.2, 0) is 0 Å². The van der Waals surface area contributed by atoms with Gasteiger partial charge in [0.25, 0.3) is 0 Å². The van der Waals surface area contributed by atoms with Crippen molar-refractivity contribution in [3.63, 3.8) is 0 Å². The van der Waals surface area contributed by atoms with Gasteiger partial charge in [-0.2, -0.15) is 0 Å². The van der Waals surface area contributed by atoms with E-state index in [1.807, 2.05) is 0 Å². The van der Waals surface area contributed by atoms with Gasteiger partial charge in [0.05, 0.1) is 6.04 Å². The number of hydrogen-bond donors (Lipinski definition) is 1. The van der Waals surface area contributed by atoms with E-state index in [-0.39, 0.29) is 11.6 Å². The van der Waals surface area contributed by atoms with Gasteiger partial charge in [0.1, 0.15) is 17.5 Å². The van der Waals surface area contributed by atoms with Crippen LogP contribution in [0.3, 0.4) is 0 Å². The minimum atomic E-state index is -0.880. The van der Waals surface area contributed by atoms with Crippen LogP contribution < -0.4 is 5.32 Å². The Balaban J connectivity index is 2.51. The smallest absolute Gasteiger partial charge is 0.133 e. The summed E-state index contributed by atoms with van der Waals surface area (Å²) in [5, 5.41) is 2.75. The minimum absolute atomic E-state index is 0.0589. The Kier molecular flexibility index (Phi) is 1.58. The highest BCUT2D eigenvalue weighted by atomic mass is 19.1. The van der Waals surface area contributed by atoms with Crippen molar-refractivity contribution in [2.24, 2.45) is 0 Å². The Bertz CT molecular complexity index is 297. The minimum Gasteiger partial charge on any atom is -0.307 e. The van der Waals surface area contributed by atoms with Crippen LogP contribution in [0.1, 0.15) is 11.6 Å². The fraction of sp³-hybridized carbons (Fsp3) is 0.250. The third kappa shape index (κ3) is 1.18. The monoisotopic (exact) mass is 173 g/mol. The molecule has 1 aromatic rings. The lowest BCUT2D eigenvalue weighted by molar-refractivity contribution is 0.524. The fourth-order valence-electron chi connectivity index (χ4n) is 1.15. The van der Waals surface area contributed by atoms with E-state index in [2.05, 4.69) is 5.32 Å². The van der Waals surface area contributed by atoms with Crippen molar-refractivity contribution in [1.82, 2.24) is 5.32 Å². The Morgan fingerprint density at radius 2 is 1.67 bits per heavy atom. The molecule has 12 heavy (non-hydrogen) atoms. The first-order valence-corrected chi connectivity index (χ1v) is 3.56. The lowest BCUT2D eigenvalue weighted by Gasteiger charge is -2.01. The van der Waals surface area contributed by atoms with Crippen LogP contribution in [0, 0.1) is 17.5 Å². The number of halogens is 3. The molecule has 0 radical (unpaired) electrons. The van der Waals surface area contributed by atoms with Crippen molar-refractivity contribution in [1.29, 1.82) is 0 Å². The van der Waals surface area contributed by atoms with Crippen LogP contribution in [-0.4, -0.2) is 6.54 Å². The Hall–Kier alpha value is -1.03. The molecule has 64 valence electrons. The summed E-state index contributed by atoms with van der Waals surface area (Å²) < 4.78 is 38.2. The number of benzene rings is 1. The lowest BCUT2D eigenvalue weighted by atomic mass is 10.1. The number of nitrogens with one attached hydrogen (secondary N) is 1. The molecule has 1 atom stereocenters. The third-order valence-electron chi connectivity index (χ3n) is 1.80. The van der Waals surface area contributed by atoms with Crippen LogP contribution in [0.2, 0.25) is 0 Å². The topological polar surface area (TPSA) is 21.9 Å². The zero-order chi connectivity index (χ0) is 8.72.